The van der Waals surface area contributed by atoms with Crippen LogP contribution in [0.2, 0.25) is 5.02 Å². The summed E-state index contributed by atoms with van der Waals surface area (Å²) in [4.78, 5) is 12.5. The fourth-order valence-corrected chi connectivity index (χ4v) is 3.39. The number of fused-ring (bicyclic) bond motifs is 1. The maximum atomic E-state index is 12.5. The molecule has 0 atom stereocenters. The first kappa shape index (κ1) is 19.2. The Balaban J connectivity index is 1.55. The molecule has 0 unspecified atom stereocenters. The predicted octanol–water partition coefficient (Wildman–Crippen LogP) is 5.11. The van der Waals surface area contributed by atoms with E-state index in [1.54, 1.807) is 35.0 Å². The number of nitrogens with zero attached hydrogens (tertiary/aromatic N) is 3. The highest BCUT2D eigenvalue weighted by molar-refractivity contribution is 6.31. The van der Waals surface area contributed by atoms with Gasteiger partial charge < -0.3 is 4.74 Å². The first-order valence-electron chi connectivity index (χ1n) is 9.52. The standard InChI is InChI=1S/C23H20ClN3O2/c1-2-16-8-10-20(24)17(14-16)12-13-27-22-15-18(9-11-21(22)25-26-27)23(28)29-19-6-4-3-5-7-19/h3-11,14-15H,2,12-13H2,1H3. The Morgan fingerprint density at radius 2 is 1.90 bits per heavy atom. The van der Waals surface area contributed by atoms with Crippen molar-refractivity contribution in [3.63, 3.8) is 0 Å². The van der Waals surface area contributed by atoms with Crippen molar-refractivity contribution in [2.24, 2.45) is 0 Å². The third-order valence-corrected chi connectivity index (χ3v) is 5.18. The van der Waals surface area contributed by atoms with Gasteiger partial charge in [-0.3, -0.25) is 0 Å². The van der Waals surface area contributed by atoms with Crippen LogP contribution in [0.15, 0.2) is 66.7 Å². The number of benzene rings is 3. The smallest absolute Gasteiger partial charge is 0.343 e. The van der Waals surface area contributed by atoms with E-state index in [-0.39, 0.29) is 0 Å². The number of ether oxygens (including phenoxy) is 1. The van der Waals surface area contributed by atoms with E-state index < -0.39 is 5.97 Å². The minimum Gasteiger partial charge on any atom is -0.423 e. The largest absolute Gasteiger partial charge is 0.423 e. The van der Waals surface area contributed by atoms with Gasteiger partial charge in [0.15, 0.2) is 0 Å². The molecule has 0 N–H and O–H groups in total. The Kier molecular flexibility index (Phi) is 5.58. The molecular weight excluding hydrogens is 386 g/mol. The average molecular weight is 406 g/mol. The summed E-state index contributed by atoms with van der Waals surface area (Å²) in [5.74, 6) is 0.0965. The monoisotopic (exact) mass is 405 g/mol. The van der Waals surface area contributed by atoms with Crippen molar-refractivity contribution in [3.05, 3.63) is 88.4 Å². The van der Waals surface area contributed by atoms with Gasteiger partial charge in [-0.1, -0.05) is 54.1 Å². The van der Waals surface area contributed by atoms with Gasteiger partial charge >= 0.3 is 5.97 Å². The normalized spacial score (nSPS) is 11.0. The SMILES string of the molecule is CCc1ccc(Cl)c(CCn2nnc3ccc(C(=O)Oc4ccccc4)cc32)c1. The van der Waals surface area contributed by atoms with E-state index in [1.165, 1.54) is 5.56 Å². The summed E-state index contributed by atoms with van der Waals surface area (Å²) in [6.45, 7) is 2.73. The Hall–Kier alpha value is -3.18. The highest BCUT2D eigenvalue weighted by atomic mass is 35.5. The van der Waals surface area contributed by atoms with E-state index in [2.05, 4.69) is 23.3 Å². The number of esters is 1. The summed E-state index contributed by atoms with van der Waals surface area (Å²) < 4.78 is 7.23. The number of aromatic nitrogens is 3. The fourth-order valence-electron chi connectivity index (χ4n) is 3.18. The van der Waals surface area contributed by atoms with Gasteiger partial charge in [0.1, 0.15) is 11.3 Å². The second kappa shape index (κ2) is 8.45. The maximum Gasteiger partial charge on any atom is 0.343 e. The summed E-state index contributed by atoms with van der Waals surface area (Å²) in [6, 6.07) is 20.4. The molecule has 0 aliphatic heterocycles. The van der Waals surface area contributed by atoms with E-state index in [0.717, 1.165) is 34.5 Å². The van der Waals surface area contributed by atoms with E-state index in [4.69, 9.17) is 16.3 Å². The first-order chi connectivity index (χ1) is 14.1. The molecule has 4 rings (SSSR count). The van der Waals surface area contributed by atoms with Gasteiger partial charge in [-0.2, -0.15) is 0 Å². The summed E-state index contributed by atoms with van der Waals surface area (Å²) in [7, 11) is 0. The van der Waals surface area contributed by atoms with Gasteiger partial charge in [-0.25, -0.2) is 9.48 Å². The molecule has 146 valence electrons. The summed E-state index contributed by atoms with van der Waals surface area (Å²) in [5.41, 5.74) is 4.30. The van der Waals surface area contributed by atoms with Crippen molar-refractivity contribution in [2.75, 3.05) is 0 Å². The molecule has 1 aromatic heterocycles. The summed E-state index contributed by atoms with van der Waals surface area (Å²) in [6.07, 6.45) is 1.69. The van der Waals surface area contributed by atoms with Crippen LogP contribution >= 0.6 is 11.6 Å². The highest BCUT2D eigenvalue weighted by Crippen LogP contribution is 2.21. The summed E-state index contributed by atoms with van der Waals surface area (Å²) in [5, 5.41) is 9.19. The highest BCUT2D eigenvalue weighted by Gasteiger charge is 2.13. The van der Waals surface area contributed by atoms with E-state index in [9.17, 15) is 4.79 Å². The number of rotatable bonds is 6. The van der Waals surface area contributed by atoms with Gasteiger partial charge in [-0.05, 0) is 60.4 Å². The molecule has 0 fully saturated rings. The Morgan fingerprint density at radius 3 is 2.69 bits per heavy atom. The van der Waals surface area contributed by atoms with Gasteiger partial charge in [0, 0.05) is 11.6 Å². The van der Waals surface area contributed by atoms with Crippen molar-refractivity contribution in [2.45, 2.75) is 26.3 Å². The molecular formula is C23H20ClN3O2. The van der Waals surface area contributed by atoms with Crippen LogP contribution in [0.4, 0.5) is 0 Å². The molecule has 0 amide bonds. The molecule has 0 radical (unpaired) electrons. The van der Waals surface area contributed by atoms with Crippen molar-refractivity contribution >= 4 is 28.6 Å². The van der Waals surface area contributed by atoms with Crippen LogP contribution in [0.25, 0.3) is 11.0 Å². The number of carbonyl (C=O) groups is 1. The van der Waals surface area contributed by atoms with E-state index >= 15 is 0 Å². The van der Waals surface area contributed by atoms with Gasteiger partial charge in [0.25, 0.3) is 0 Å². The molecule has 0 bridgehead atoms. The average Bonchev–Trinajstić information content (AvgIpc) is 3.16. The number of hydrogen-bond acceptors (Lipinski definition) is 4. The molecule has 5 nitrogen and oxygen atoms in total. The minimum absolute atomic E-state index is 0.412. The Labute approximate surface area is 173 Å². The molecule has 29 heavy (non-hydrogen) atoms. The topological polar surface area (TPSA) is 57.0 Å². The van der Waals surface area contributed by atoms with Crippen LogP contribution in [-0.4, -0.2) is 21.0 Å². The lowest BCUT2D eigenvalue weighted by Gasteiger charge is -2.08. The van der Waals surface area contributed by atoms with Crippen molar-refractivity contribution in [3.8, 4) is 5.75 Å². The number of para-hydroxylation sites is 1. The number of hydrogen-bond donors (Lipinski definition) is 0. The molecule has 1 heterocycles. The van der Waals surface area contributed by atoms with Crippen molar-refractivity contribution < 1.29 is 9.53 Å². The van der Waals surface area contributed by atoms with Crippen LogP contribution in [-0.2, 0) is 19.4 Å². The molecule has 0 spiro atoms. The van der Waals surface area contributed by atoms with Crippen LogP contribution < -0.4 is 4.74 Å². The van der Waals surface area contributed by atoms with Crippen LogP contribution in [0, 0.1) is 0 Å². The van der Waals surface area contributed by atoms with E-state index in [0.29, 0.717) is 17.9 Å². The molecule has 6 heteroatoms. The van der Waals surface area contributed by atoms with Gasteiger partial charge in [-0.15, -0.1) is 5.10 Å². The third-order valence-electron chi connectivity index (χ3n) is 4.81. The van der Waals surface area contributed by atoms with Crippen molar-refractivity contribution in [1.29, 1.82) is 0 Å². The van der Waals surface area contributed by atoms with Crippen LogP contribution in [0.1, 0.15) is 28.4 Å². The Morgan fingerprint density at radius 1 is 1.07 bits per heavy atom. The zero-order valence-electron chi connectivity index (χ0n) is 16.0. The zero-order chi connectivity index (χ0) is 20.2. The zero-order valence-corrected chi connectivity index (χ0v) is 16.8. The number of halogens is 1. The molecule has 3 aromatic carbocycles. The molecule has 4 aromatic rings. The van der Waals surface area contributed by atoms with Crippen LogP contribution in [0.5, 0.6) is 5.75 Å². The number of aryl methyl sites for hydroxylation is 3. The fraction of sp³-hybridized carbons (Fsp3) is 0.174. The minimum atomic E-state index is -0.412. The number of carbonyl (C=O) groups excluding carboxylic acids is 1. The Bertz CT molecular complexity index is 1160. The quantitative estimate of drug-likeness (QED) is 0.330. The maximum absolute atomic E-state index is 12.5. The molecule has 0 saturated carbocycles. The van der Waals surface area contributed by atoms with Crippen LogP contribution in [0.3, 0.4) is 0 Å². The second-order valence-corrected chi connectivity index (χ2v) is 7.16. The summed E-state index contributed by atoms with van der Waals surface area (Å²) >= 11 is 6.35. The molecule has 0 aliphatic rings. The molecule has 0 aliphatic carbocycles. The second-order valence-electron chi connectivity index (χ2n) is 6.75. The van der Waals surface area contributed by atoms with E-state index in [1.807, 2.05) is 30.3 Å². The predicted molar refractivity (Wildman–Crippen MR) is 113 cm³/mol. The lowest BCUT2D eigenvalue weighted by molar-refractivity contribution is 0.0735. The van der Waals surface area contributed by atoms with Crippen molar-refractivity contribution in [1.82, 2.24) is 15.0 Å². The van der Waals surface area contributed by atoms with Gasteiger partial charge in [0.05, 0.1) is 11.1 Å². The first-order valence-corrected chi connectivity index (χ1v) is 9.89. The lowest BCUT2D eigenvalue weighted by atomic mass is 10.1. The molecule has 0 saturated heterocycles. The van der Waals surface area contributed by atoms with Gasteiger partial charge in [0.2, 0.25) is 0 Å². The lowest BCUT2D eigenvalue weighted by Crippen LogP contribution is -2.09. The third kappa shape index (κ3) is 4.30.